The average molecular weight is 255 g/mol. The number of aliphatic hydroxyl groups excluding tert-OH is 1. The number of nitrogens with zero attached hydrogens (tertiary/aromatic N) is 2. The van der Waals surface area contributed by atoms with E-state index in [2.05, 4.69) is 7.05 Å². The Kier molecular flexibility index (Phi) is 4.62. The minimum absolute atomic E-state index is 0.215. The van der Waals surface area contributed by atoms with Crippen LogP contribution in [0.2, 0.25) is 0 Å². The van der Waals surface area contributed by atoms with Gasteiger partial charge in [-0.3, -0.25) is 4.79 Å². The van der Waals surface area contributed by atoms with Crippen molar-refractivity contribution < 1.29 is 14.4 Å². The summed E-state index contributed by atoms with van der Waals surface area (Å²) in [5, 5.41) is 10.2. The predicted molar refractivity (Wildman–Crippen MR) is 71.1 cm³/mol. The van der Waals surface area contributed by atoms with Gasteiger partial charge in [0.2, 0.25) is 5.91 Å². The molecule has 2 saturated heterocycles. The monoisotopic (exact) mass is 255 g/mol. The summed E-state index contributed by atoms with van der Waals surface area (Å²) in [4.78, 5) is 13.4. The molecule has 2 aliphatic rings. The summed E-state index contributed by atoms with van der Waals surface area (Å²) >= 11 is 0. The third-order valence-corrected chi connectivity index (χ3v) is 4.40. The first-order chi connectivity index (χ1) is 8.59. The Hall–Kier alpha value is -0.610. The van der Waals surface area contributed by atoms with Crippen LogP contribution in [-0.2, 0) is 4.79 Å². The number of β-amino-alcohol motifs (C(OH)–C–C–N with tert-alkyl or cyclic N) is 1. The normalized spacial score (nSPS) is 26.1. The first-order valence-electron chi connectivity index (χ1n) is 7.38. The molecule has 0 spiro atoms. The molecule has 2 heterocycles. The van der Waals surface area contributed by atoms with Crippen LogP contribution in [-0.4, -0.2) is 66.3 Å². The smallest absolute Gasteiger partial charge is 0.222 e. The van der Waals surface area contributed by atoms with Gasteiger partial charge in [-0.1, -0.05) is 0 Å². The number of rotatable bonds is 4. The lowest BCUT2D eigenvalue weighted by Gasteiger charge is -2.36. The van der Waals surface area contributed by atoms with Gasteiger partial charge in [-0.05, 0) is 32.1 Å². The molecule has 104 valence electrons. The molecular weight excluding hydrogens is 228 g/mol. The molecule has 0 aromatic heterocycles. The molecule has 0 aliphatic carbocycles. The molecule has 0 saturated carbocycles. The molecule has 1 amide bonds. The summed E-state index contributed by atoms with van der Waals surface area (Å²) in [7, 11) is 2.25. The number of hydrogen-bond acceptors (Lipinski definition) is 2. The van der Waals surface area contributed by atoms with Gasteiger partial charge >= 0.3 is 0 Å². The molecule has 1 atom stereocenters. The summed E-state index contributed by atoms with van der Waals surface area (Å²) < 4.78 is 0.975. The van der Waals surface area contributed by atoms with E-state index >= 15 is 0 Å². The van der Waals surface area contributed by atoms with Gasteiger partial charge in [-0.2, -0.15) is 0 Å². The third-order valence-electron chi connectivity index (χ3n) is 4.40. The van der Waals surface area contributed by atoms with Gasteiger partial charge < -0.3 is 14.5 Å². The number of likely N-dealkylation sites (tertiary alicyclic amines) is 2. The lowest BCUT2D eigenvalue weighted by Crippen LogP contribution is -2.51. The molecule has 1 N–H and O–H groups in total. The van der Waals surface area contributed by atoms with Gasteiger partial charge in [-0.25, -0.2) is 0 Å². The zero-order valence-corrected chi connectivity index (χ0v) is 11.6. The number of hydrogen-bond donors (Lipinski definition) is 1. The Morgan fingerprint density at radius 1 is 1.22 bits per heavy atom. The van der Waals surface area contributed by atoms with Gasteiger partial charge in [0.05, 0.1) is 26.7 Å². The van der Waals surface area contributed by atoms with Gasteiger partial charge in [0, 0.05) is 13.0 Å². The molecule has 4 nitrogen and oxygen atoms in total. The maximum absolute atomic E-state index is 11.5. The zero-order valence-electron chi connectivity index (χ0n) is 11.6. The van der Waals surface area contributed by atoms with E-state index in [1.54, 1.807) is 0 Å². The number of likely N-dealkylation sites (N-methyl/N-ethyl adjacent to an activating group) is 1. The van der Waals surface area contributed by atoms with Crippen molar-refractivity contribution in [2.75, 3.05) is 39.8 Å². The van der Waals surface area contributed by atoms with Crippen LogP contribution in [0.5, 0.6) is 0 Å². The van der Waals surface area contributed by atoms with Gasteiger partial charge in [0.15, 0.2) is 0 Å². The number of carbonyl (C=O) groups excluding carboxylic acids is 1. The van der Waals surface area contributed by atoms with E-state index < -0.39 is 0 Å². The molecule has 0 unspecified atom stereocenters. The molecule has 0 radical (unpaired) electrons. The fourth-order valence-corrected chi connectivity index (χ4v) is 3.35. The highest BCUT2D eigenvalue weighted by Gasteiger charge is 2.29. The number of aliphatic hydroxyl groups is 1. The van der Waals surface area contributed by atoms with Crippen LogP contribution >= 0.6 is 0 Å². The predicted octanol–water partition coefficient (Wildman–Crippen LogP) is 0.990. The summed E-state index contributed by atoms with van der Waals surface area (Å²) in [6.45, 7) is 4.51. The second-order valence-electron chi connectivity index (χ2n) is 6.26. The van der Waals surface area contributed by atoms with Gasteiger partial charge in [-0.15, -0.1) is 0 Å². The second-order valence-corrected chi connectivity index (χ2v) is 6.26. The summed E-state index contributed by atoms with van der Waals surface area (Å²) in [5.41, 5.74) is 0. The van der Waals surface area contributed by atoms with Crippen molar-refractivity contribution in [3.8, 4) is 0 Å². The topological polar surface area (TPSA) is 40.5 Å². The third kappa shape index (κ3) is 3.69. The Morgan fingerprint density at radius 3 is 2.44 bits per heavy atom. The summed E-state index contributed by atoms with van der Waals surface area (Å²) in [6.07, 6.45) is 6.45. The summed E-state index contributed by atoms with van der Waals surface area (Å²) in [5.74, 6) is 0.215. The summed E-state index contributed by atoms with van der Waals surface area (Å²) in [6, 6.07) is 0. The van der Waals surface area contributed by atoms with Crippen LogP contribution in [0.4, 0.5) is 0 Å². The number of carbonyl (C=O) groups is 1. The van der Waals surface area contributed by atoms with E-state index in [4.69, 9.17) is 0 Å². The lowest BCUT2D eigenvalue weighted by molar-refractivity contribution is -0.911. The van der Waals surface area contributed by atoms with Crippen LogP contribution in [0.15, 0.2) is 0 Å². The lowest BCUT2D eigenvalue weighted by atomic mass is 10.2. The molecule has 18 heavy (non-hydrogen) atoms. The van der Waals surface area contributed by atoms with E-state index in [0.29, 0.717) is 13.0 Å². The van der Waals surface area contributed by atoms with Gasteiger partial charge in [0.25, 0.3) is 0 Å². The molecule has 0 aromatic rings. The van der Waals surface area contributed by atoms with Crippen molar-refractivity contribution in [2.24, 2.45) is 0 Å². The van der Waals surface area contributed by atoms with Crippen molar-refractivity contribution in [3.05, 3.63) is 0 Å². The van der Waals surface area contributed by atoms with Gasteiger partial charge in [0.1, 0.15) is 12.6 Å². The average Bonchev–Trinajstić information content (AvgIpc) is 2.58. The van der Waals surface area contributed by atoms with Crippen molar-refractivity contribution in [2.45, 2.75) is 44.6 Å². The number of amides is 1. The highest BCUT2D eigenvalue weighted by molar-refractivity contribution is 5.78. The van der Waals surface area contributed by atoms with Crippen LogP contribution in [0, 0.1) is 0 Å². The Balaban J connectivity index is 1.81. The van der Waals surface area contributed by atoms with Crippen molar-refractivity contribution in [1.29, 1.82) is 0 Å². The first-order valence-corrected chi connectivity index (χ1v) is 7.38. The van der Waals surface area contributed by atoms with Crippen LogP contribution in [0.25, 0.3) is 0 Å². The Bertz CT molecular complexity index is 286. The SMILES string of the molecule is C[N+]1(C[C@H](O)CN2CCCC2=O)CCCCCC1. The maximum Gasteiger partial charge on any atom is 0.222 e. The highest BCUT2D eigenvalue weighted by atomic mass is 16.3. The van der Waals surface area contributed by atoms with E-state index in [9.17, 15) is 9.90 Å². The zero-order chi connectivity index (χ0) is 13.0. The Morgan fingerprint density at radius 2 is 1.89 bits per heavy atom. The van der Waals surface area contributed by atoms with Crippen LogP contribution in [0.1, 0.15) is 38.5 Å². The fourth-order valence-electron chi connectivity index (χ4n) is 3.35. The molecular formula is C14H27N2O2+. The van der Waals surface area contributed by atoms with Crippen LogP contribution < -0.4 is 0 Å². The molecule has 2 rings (SSSR count). The van der Waals surface area contributed by atoms with Crippen molar-refractivity contribution >= 4 is 5.91 Å². The van der Waals surface area contributed by atoms with E-state index in [1.165, 1.54) is 38.8 Å². The fraction of sp³-hybridized carbons (Fsp3) is 0.929. The van der Waals surface area contributed by atoms with Crippen molar-refractivity contribution in [1.82, 2.24) is 4.90 Å². The molecule has 4 heteroatoms. The first kappa shape index (κ1) is 13.8. The molecule has 2 fully saturated rings. The van der Waals surface area contributed by atoms with E-state index in [0.717, 1.165) is 24.0 Å². The Labute approximate surface area is 110 Å². The molecule has 0 bridgehead atoms. The van der Waals surface area contributed by atoms with E-state index in [1.807, 2.05) is 4.90 Å². The quantitative estimate of drug-likeness (QED) is 0.761. The number of quaternary nitrogens is 1. The molecule has 2 aliphatic heterocycles. The minimum Gasteiger partial charge on any atom is -0.385 e. The van der Waals surface area contributed by atoms with Crippen molar-refractivity contribution in [3.63, 3.8) is 0 Å². The largest absolute Gasteiger partial charge is 0.385 e. The minimum atomic E-state index is -0.366. The molecule has 0 aromatic carbocycles. The van der Waals surface area contributed by atoms with Crippen LogP contribution in [0.3, 0.4) is 0 Å². The highest BCUT2D eigenvalue weighted by Crippen LogP contribution is 2.17. The second kappa shape index (κ2) is 6.02. The maximum atomic E-state index is 11.5. The van der Waals surface area contributed by atoms with E-state index in [-0.39, 0.29) is 12.0 Å². The standard InChI is InChI=1S/C14H27N2O2/c1-16(9-4-2-3-5-10-16)12-13(17)11-15-8-6-7-14(15)18/h13,17H,2-12H2,1H3/q+1/t13-/m1/s1.